The van der Waals surface area contributed by atoms with Gasteiger partial charge in [-0.3, -0.25) is 0 Å². The first-order valence-electron chi connectivity index (χ1n) is 32.9. The summed E-state index contributed by atoms with van der Waals surface area (Å²) in [7, 11) is 0. The third-order valence-corrected chi connectivity index (χ3v) is 22.7. The lowest BCUT2D eigenvalue weighted by Gasteiger charge is -2.45. The molecule has 0 fully saturated rings. The van der Waals surface area contributed by atoms with Crippen LogP contribution in [0.2, 0.25) is 0 Å². The smallest absolute Gasteiger partial charge is 0.247 e. The van der Waals surface area contributed by atoms with Gasteiger partial charge in [0, 0.05) is 54.5 Å². The van der Waals surface area contributed by atoms with Crippen molar-refractivity contribution in [3.8, 4) is 0 Å². The Kier molecular flexibility index (Phi) is 13.6. The Hall–Kier alpha value is -6.36. The van der Waals surface area contributed by atoms with Gasteiger partial charge in [-0.2, -0.15) is 0 Å². The topological polar surface area (TPSA) is 6.48 Å². The van der Waals surface area contributed by atoms with Gasteiger partial charge in [0.15, 0.2) is 0 Å². The van der Waals surface area contributed by atoms with E-state index in [0.717, 1.165) is 36.3 Å². The Morgan fingerprint density at radius 1 is 0.471 bits per heavy atom. The van der Waals surface area contributed by atoms with Crippen molar-refractivity contribution < 1.29 is 0 Å². The highest BCUT2D eigenvalue weighted by Crippen LogP contribution is 2.54. The summed E-state index contributed by atoms with van der Waals surface area (Å²) in [5.41, 5.74) is 29.6. The molecule has 0 saturated heterocycles. The molecule has 1 atom stereocenters. The average Bonchev–Trinajstić information content (AvgIpc) is 1.57. The first kappa shape index (κ1) is 59.6. The van der Waals surface area contributed by atoms with Gasteiger partial charge >= 0.3 is 0 Å². The number of nitrogens with zero attached hydrogens (tertiary/aromatic N) is 2. The number of hydrogen-bond donors (Lipinski definition) is 0. The normalized spacial score (nSPS) is 18.1. The van der Waals surface area contributed by atoms with Crippen LogP contribution in [-0.4, -0.2) is 6.71 Å². The fourth-order valence-corrected chi connectivity index (χ4v) is 17.6. The molecule has 0 radical (unpaired) electrons. The highest BCUT2D eigenvalue weighted by molar-refractivity contribution is 7.26. The van der Waals surface area contributed by atoms with Crippen LogP contribution >= 0.6 is 11.3 Å². The molecule has 2 aliphatic carbocycles. The highest BCUT2D eigenvalue weighted by atomic mass is 32.1. The maximum Gasteiger partial charge on any atom is 0.247 e. The van der Waals surface area contributed by atoms with E-state index in [9.17, 15) is 0 Å². The number of anilines is 6. The van der Waals surface area contributed by atoms with Crippen LogP contribution in [0.4, 0.5) is 34.1 Å². The predicted octanol–water partition coefficient (Wildman–Crippen LogP) is 21.7. The largest absolute Gasteiger partial charge is 0.311 e. The highest BCUT2D eigenvalue weighted by Gasteiger charge is 2.49. The fraction of sp³-hybridized carbons (Fsp3) is 0.422. The number of benzene rings is 8. The molecule has 87 heavy (non-hydrogen) atoms. The van der Waals surface area contributed by atoms with Crippen molar-refractivity contribution in [2.24, 2.45) is 0 Å². The Morgan fingerprint density at radius 2 is 1.01 bits per heavy atom. The Balaban J connectivity index is 1.11. The molecule has 0 amide bonds. The van der Waals surface area contributed by atoms with Gasteiger partial charge in [0.05, 0.1) is 5.69 Å². The number of fused-ring (bicyclic) bond motifs is 9. The average molecular weight is 1170 g/mol. The molecule has 3 heterocycles. The molecule has 1 unspecified atom stereocenters. The van der Waals surface area contributed by atoms with Crippen molar-refractivity contribution in [2.75, 3.05) is 9.80 Å². The molecular formula is C83H97BN2S. The van der Waals surface area contributed by atoms with Crippen LogP contribution in [-0.2, 0) is 49.7 Å². The van der Waals surface area contributed by atoms with E-state index in [1.807, 2.05) is 11.3 Å². The van der Waals surface area contributed by atoms with E-state index in [-0.39, 0.29) is 56.0 Å². The van der Waals surface area contributed by atoms with E-state index in [4.69, 9.17) is 0 Å². The molecule has 4 aliphatic rings. The summed E-state index contributed by atoms with van der Waals surface area (Å²) in [6.07, 6.45) is 5.64. The number of hydrogen-bond acceptors (Lipinski definition) is 3. The molecular weight excluding hydrogens is 1070 g/mol. The molecule has 8 aromatic carbocycles. The number of thiophene rings is 1. The molecule has 0 bridgehead atoms. The number of aryl methyl sites for hydroxylation is 2. The SMILES string of the molecule is Cc1cc2c(cc1CCC1c3cc4c(cc3B3c5ccc(N(c6ccc(C(C)(C)C)cc6)c6ccc(C(C)(C)C)cc6)cc5N(c5cccc6sc7cc(C(C)(C)C)ccc7c56)c5cc(C(C)(C)C)cc1c53)C(C)(C)CC4(C)C)C(C)(C)CCC2(C)C. The van der Waals surface area contributed by atoms with Gasteiger partial charge in [0.2, 0.25) is 6.71 Å². The molecule has 0 N–H and O–H groups in total. The van der Waals surface area contributed by atoms with Gasteiger partial charge in [0.25, 0.3) is 0 Å². The molecule has 9 aromatic rings. The molecule has 1 aromatic heterocycles. The lowest BCUT2D eigenvalue weighted by atomic mass is 9.30. The Bertz CT molecular complexity index is 4190. The molecule has 2 aliphatic heterocycles. The van der Waals surface area contributed by atoms with E-state index in [1.54, 1.807) is 16.7 Å². The van der Waals surface area contributed by atoms with Gasteiger partial charge in [-0.25, -0.2) is 0 Å². The van der Waals surface area contributed by atoms with Gasteiger partial charge in [-0.05, 0) is 221 Å². The van der Waals surface area contributed by atoms with E-state index in [0.29, 0.717) is 0 Å². The lowest BCUT2D eigenvalue weighted by Crippen LogP contribution is -2.62. The third-order valence-electron chi connectivity index (χ3n) is 21.6. The van der Waals surface area contributed by atoms with Gasteiger partial charge in [-0.15, -0.1) is 11.3 Å². The Morgan fingerprint density at radius 3 is 1.60 bits per heavy atom. The van der Waals surface area contributed by atoms with Gasteiger partial charge < -0.3 is 9.80 Å². The molecule has 2 nitrogen and oxygen atoms in total. The van der Waals surface area contributed by atoms with Crippen molar-refractivity contribution in [3.05, 3.63) is 206 Å². The summed E-state index contributed by atoms with van der Waals surface area (Å²) in [6.45, 7) is 50.7. The van der Waals surface area contributed by atoms with E-state index in [1.165, 1.54) is 117 Å². The maximum atomic E-state index is 2.76. The van der Waals surface area contributed by atoms with Crippen molar-refractivity contribution in [1.29, 1.82) is 0 Å². The number of rotatable bonds is 7. The standard InChI is InChI=1S/C83H97BN2S/c1-50-41-63-64(81(16,17)40-39-80(63,14)15)42-51(50)25-36-59-61-47-65-66(83(20,21)49-82(65,18)19)48-68(61)84-67-38-35-58(85(56-31-26-52(27-32-56)76(2,3)4)57-33-28-53(29-34-57)77(5,6)7)46-70(67)86(71-44-55(79(11,12)13)43-62(59)75(71)84)69-23-22-24-72-74(69)60-37-30-54(78(8,9)10)45-73(60)87-72/h22-24,26-35,37-38,41-48,59H,25,36,39-40,49H2,1-21H3. The van der Waals surface area contributed by atoms with E-state index < -0.39 is 0 Å². The van der Waals surface area contributed by atoms with E-state index in [2.05, 4.69) is 295 Å². The minimum Gasteiger partial charge on any atom is -0.311 e. The zero-order chi connectivity index (χ0) is 62.2. The summed E-state index contributed by atoms with van der Waals surface area (Å²) in [4.78, 5) is 5.28. The van der Waals surface area contributed by atoms with Gasteiger partial charge in [0.1, 0.15) is 0 Å². The molecule has 0 spiro atoms. The summed E-state index contributed by atoms with van der Waals surface area (Å²) < 4.78 is 2.67. The minimum absolute atomic E-state index is 0.0206. The summed E-state index contributed by atoms with van der Waals surface area (Å²) in [6, 6.07) is 57.0. The van der Waals surface area contributed by atoms with Crippen LogP contribution in [0.15, 0.2) is 140 Å². The van der Waals surface area contributed by atoms with Crippen molar-refractivity contribution in [3.63, 3.8) is 0 Å². The van der Waals surface area contributed by atoms with Crippen LogP contribution in [0.5, 0.6) is 0 Å². The third kappa shape index (κ3) is 9.95. The molecule has 13 rings (SSSR count). The zero-order valence-corrected chi connectivity index (χ0v) is 57.6. The second-order valence-corrected chi connectivity index (χ2v) is 35.1. The van der Waals surface area contributed by atoms with Crippen LogP contribution < -0.4 is 26.2 Å². The predicted molar refractivity (Wildman–Crippen MR) is 382 cm³/mol. The summed E-state index contributed by atoms with van der Waals surface area (Å²) in [5, 5.41) is 2.66. The first-order valence-corrected chi connectivity index (χ1v) is 33.8. The second kappa shape index (κ2) is 19.8. The van der Waals surface area contributed by atoms with E-state index >= 15 is 0 Å². The quantitative estimate of drug-likeness (QED) is 0.147. The van der Waals surface area contributed by atoms with Crippen molar-refractivity contribution >= 4 is 88.7 Å². The van der Waals surface area contributed by atoms with Crippen LogP contribution in [0.1, 0.15) is 237 Å². The second-order valence-electron chi connectivity index (χ2n) is 34.1. The first-order chi connectivity index (χ1) is 40.5. The fourth-order valence-electron chi connectivity index (χ4n) is 16.4. The summed E-state index contributed by atoms with van der Waals surface area (Å²) in [5.74, 6) is 0.191. The van der Waals surface area contributed by atoms with Crippen molar-refractivity contribution in [1.82, 2.24) is 0 Å². The zero-order valence-electron chi connectivity index (χ0n) is 56.8. The molecule has 448 valence electrons. The maximum absolute atomic E-state index is 2.76. The monoisotopic (exact) mass is 1160 g/mol. The molecule has 0 saturated carbocycles. The van der Waals surface area contributed by atoms with Gasteiger partial charge in [-0.1, -0.05) is 223 Å². The molecule has 4 heteroatoms. The van der Waals surface area contributed by atoms with Crippen LogP contribution in [0.25, 0.3) is 20.2 Å². The van der Waals surface area contributed by atoms with Crippen molar-refractivity contribution in [2.45, 2.75) is 227 Å². The van der Waals surface area contributed by atoms with Crippen LogP contribution in [0, 0.1) is 6.92 Å². The minimum atomic E-state index is -0.128. The Labute approximate surface area is 528 Å². The van der Waals surface area contributed by atoms with Crippen LogP contribution in [0.3, 0.4) is 0 Å². The summed E-state index contributed by atoms with van der Waals surface area (Å²) >= 11 is 1.95. The lowest BCUT2D eigenvalue weighted by molar-refractivity contribution is 0.331.